The molecule has 0 saturated carbocycles. The number of benzene rings is 1. The number of hydrogen-bond donors (Lipinski definition) is 3. The molecule has 0 fully saturated rings. The number of aliphatic hydroxyl groups is 1. The highest BCUT2D eigenvalue weighted by molar-refractivity contribution is 6.05. The highest BCUT2D eigenvalue weighted by atomic mass is 16.5. The van der Waals surface area contributed by atoms with Gasteiger partial charge in [0, 0.05) is 18.3 Å². The number of aromatic nitrogens is 1. The van der Waals surface area contributed by atoms with Crippen LogP contribution in [-0.4, -0.2) is 48.6 Å². The number of H-pyrrole nitrogens is 1. The number of nitrogens with one attached hydrogen (secondary N) is 2. The Labute approximate surface area is 162 Å². The van der Waals surface area contributed by atoms with E-state index in [1.165, 1.54) is 53.3 Å². The number of ketones is 1. The van der Waals surface area contributed by atoms with Gasteiger partial charge in [0.05, 0.1) is 30.7 Å². The maximum absolute atomic E-state index is 13.0. The zero-order chi connectivity index (χ0) is 21.2. The fourth-order valence-electron chi connectivity index (χ4n) is 2.73. The topological polar surface area (TPSA) is 118 Å². The van der Waals surface area contributed by atoms with Crippen molar-refractivity contribution < 1.29 is 24.2 Å². The number of carbonyl (C=O) groups is 2. The van der Waals surface area contributed by atoms with E-state index in [-0.39, 0.29) is 33.4 Å². The fraction of sp³-hybridized carbons (Fsp3) is 0.350. The molecule has 0 bridgehead atoms. The molecule has 0 unspecified atom stereocenters. The third-order valence-electron chi connectivity index (χ3n) is 4.37. The molecule has 1 aromatic heterocycles. The average Bonchev–Trinajstić information content (AvgIpc) is 2.66. The minimum absolute atomic E-state index is 0.177. The molecule has 2 rings (SSSR count). The monoisotopic (exact) mass is 388 g/mol. The number of fused-ring (bicyclic) bond motifs is 1. The van der Waals surface area contributed by atoms with E-state index in [1.54, 1.807) is 6.92 Å². The number of aromatic amines is 1. The van der Waals surface area contributed by atoms with Crippen molar-refractivity contribution in [1.82, 2.24) is 10.3 Å². The SMILES string of the molecule is CNC(=O)c1cc(OC)c2c(=O)c(C)c(C=CC(=O)C(C)(C)O)[nH]c2c1OC. The molecule has 3 N–H and O–H groups in total. The van der Waals surface area contributed by atoms with Crippen molar-refractivity contribution in [2.24, 2.45) is 0 Å². The molecular weight excluding hydrogens is 364 g/mol. The molecule has 0 saturated heterocycles. The van der Waals surface area contributed by atoms with Crippen LogP contribution in [-0.2, 0) is 4.79 Å². The minimum atomic E-state index is -1.53. The molecule has 0 aliphatic rings. The largest absolute Gasteiger partial charge is 0.496 e. The molecule has 1 amide bonds. The van der Waals surface area contributed by atoms with Gasteiger partial charge < -0.3 is 24.9 Å². The van der Waals surface area contributed by atoms with Gasteiger partial charge in [-0.2, -0.15) is 0 Å². The first-order valence-corrected chi connectivity index (χ1v) is 8.55. The maximum atomic E-state index is 13.0. The average molecular weight is 388 g/mol. The molecule has 2 aromatic rings. The highest BCUT2D eigenvalue weighted by Gasteiger charge is 2.23. The zero-order valence-corrected chi connectivity index (χ0v) is 16.7. The van der Waals surface area contributed by atoms with Gasteiger partial charge >= 0.3 is 0 Å². The van der Waals surface area contributed by atoms with Crippen LogP contribution in [0.2, 0.25) is 0 Å². The third-order valence-corrected chi connectivity index (χ3v) is 4.37. The van der Waals surface area contributed by atoms with E-state index in [9.17, 15) is 19.5 Å². The molecule has 0 radical (unpaired) electrons. The summed E-state index contributed by atoms with van der Waals surface area (Å²) in [5, 5.41) is 12.5. The second-order valence-corrected chi connectivity index (χ2v) is 6.74. The first-order chi connectivity index (χ1) is 13.1. The van der Waals surface area contributed by atoms with Gasteiger partial charge in [-0.15, -0.1) is 0 Å². The van der Waals surface area contributed by atoms with Crippen molar-refractivity contribution in [3.63, 3.8) is 0 Å². The summed E-state index contributed by atoms with van der Waals surface area (Å²) in [6.45, 7) is 4.35. The van der Waals surface area contributed by atoms with Crippen molar-refractivity contribution in [2.45, 2.75) is 26.4 Å². The first-order valence-electron chi connectivity index (χ1n) is 8.55. The Morgan fingerprint density at radius 3 is 2.39 bits per heavy atom. The van der Waals surface area contributed by atoms with E-state index in [0.29, 0.717) is 11.3 Å². The van der Waals surface area contributed by atoms with Gasteiger partial charge in [0.15, 0.2) is 17.0 Å². The number of amides is 1. The van der Waals surface area contributed by atoms with Crippen LogP contribution >= 0.6 is 0 Å². The molecule has 0 aliphatic carbocycles. The second-order valence-electron chi connectivity index (χ2n) is 6.74. The Balaban J connectivity index is 2.86. The van der Waals surface area contributed by atoms with Gasteiger partial charge in [-0.1, -0.05) is 0 Å². The molecule has 0 spiro atoms. The van der Waals surface area contributed by atoms with Gasteiger partial charge in [0.2, 0.25) is 0 Å². The van der Waals surface area contributed by atoms with Crippen molar-refractivity contribution in [2.75, 3.05) is 21.3 Å². The van der Waals surface area contributed by atoms with Crippen LogP contribution in [0.15, 0.2) is 16.9 Å². The Morgan fingerprint density at radius 1 is 1.25 bits per heavy atom. The lowest BCUT2D eigenvalue weighted by Gasteiger charge is -2.16. The third kappa shape index (κ3) is 3.77. The predicted octanol–water partition coefficient (Wildman–Crippen LogP) is 1.57. The lowest BCUT2D eigenvalue weighted by molar-refractivity contribution is -0.128. The maximum Gasteiger partial charge on any atom is 0.255 e. The summed E-state index contributed by atoms with van der Waals surface area (Å²) in [4.78, 5) is 40.2. The van der Waals surface area contributed by atoms with Crippen LogP contribution in [0.25, 0.3) is 17.0 Å². The normalized spacial score (nSPS) is 11.7. The van der Waals surface area contributed by atoms with Gasteiger partial charge in [0.1, 0.15) is 11.4 Å². The smallest absolute Gasteiger partial charge is 0.255 e. The number of carbonyl (C=O) groups excluding carboxylic acids is 2. The second kappa shape index (κ2) is 7.85. The lowest BCUT2D eigenvalue weighted by Crippen LogP contribution is -2.29. The van der Waals surface area contributed by atoms with Crippen molar-refractivity contribution in [1.29, 1.82) is 0 Å². The Hall–Kier alpha value is -3.13. The van der Waals surface area contributed by atoms with Gasteiger partial charge in [-0.3, -0.25) is 14.4 Å². The molecule has 0 atom stereocenters. The molecule has 8 nitrogen and oxygen atoms in total. The summed E-state index contributed by atoms with van der Waals surface area (Å²) in [6.07, 6.45) is 2.60. The van der Waals surface area contributed by atoms with Gasteiger partial charge in [-0.25, -0.2) is 0 Å². The van der Waals surface area contributed by atoms with E-state index >= 15 is 0 Å². The van der Waals surface area contributed by atoms with E-state index in [1.807, 2.05) is 0 Å². The van der Waals surface area contributed by atoms with Crippen LogP contribution < -0.4 is 20.2 Å². The van der Waals surface area contributed by atoms with Crippen molar-refractivity contribution >= 4 is 28.7 Å². The van der Waals surface area contributed by atoms with Crippen LogP contribution in [0.3, 0.4) is 0 Å². The summed E-state index contributed by atoms with van der Waals surface area (Å²) in [5.74, 6) is -0.526. The molecule has 1 aromatic carbocycles. The van der Waals surface area contributed by atoms with E-state index in [4.69, 9.17) is 9.47 Å². The van der Waals surface area contributed by atoms with E-state index in [2.05, 4.69) is 10.3 Å². The number of rotatable bonds is 6. The number of ether oxygens (including phenoxy) is 2. The standard InChI is InChI=1S/C20H24N2O6/c1-10-12(7-8-14(23)20(2,3)26)22-16-15(17(10)24)13(27-5)9-11(18(16)28-6)19(25)21-4/h7-9,26H,1-6H3,(H,21,25)(H,22,24). The van der Waals surface area contributed by atoms with E-state index in [0.717, 1.165) is 0 Å². The number of methoxy groups -OCH3 is 2. The number of pyridine rings is 1. The van der Waals surface area contributed by atoms with Crippen molar-refractivity contribution in [3.8, 4) is 11.5 Å². The Bertz CT molecular complexity index is 1030. The summed E-state index contributed by atoms with van der Waals surface area (Å²) in [6, 6.07) is 1.45. The molecule has 28 heavy (non-hydrogen) atoms. The molecule has 0 aliphatic heterocycles. The predicted molar refractivity (Wildman–Crippen MR) is 106 cm³/mol. The van der Waals surface area contributed by atoms with Crippen LogP contribution in [0.4, 0.5) is 0 Å². The number of hydrogen-bond acceptors (Lipinski definition) is 6. The Kier molecular flexibility index (Phi) is 5.94. The first kappa shape index (κ1) is 21.2. The molecular formula is C20H24N2O6. The zero-order valence-electron chi connectivity index (χ0n) is 16.7. The summed E-state index contributed by atoms with van der Waals surface area (Å²) >= 11 is 0. The van der Waals surface area contributed by atoms with Gasteiger partial charge in [0.25, 0.3) is 5.91 Å². The van der Waals surface area contributed by atoms with Gasteiger partial charge in [-0.05, 0) is 39.0 Å². The molecule has 150 valence electrons. The summed E-state index contributed by atoms with van der Waals surface area (Å²) < 4.78 is 10.7. The van der Waals surface area contributed by atoms with Crippen LogP contribution in [0, 0.1) is 6.92 Å². The summed E-state index contributed by atoms with van der Waals surface area (Å²) in [7, 11) is 4.27. The molecule has 8 heteroatoms. The summed E-state index contributed by atoms with van der Waals surface area (Å²) in [5.41, 5.74) is -0.704. The fourth-order valence-corrected chi connectivity index (χ4v) is 2.73. The van der Waals surface area contributed by atoms with E-state index < -0.39 is 17.3 Å². The quantitative estimate of drug-likeness (QED) is 0.647. The minimum Gasteiger partial charge on any atom is -0.496 e. The van der Waals surface area contributed by atoms with Crippen molar-refractivity contribution in [3.05, 3.63) is 39.2 Å². The Morgan fingerprint density at radius 2 is 1.89 bits per heavy atom. The molecule has 1 heterocycles. The lowest BCUT2D eigenvalue weighted by atomic mass is 10.0. The highest BCUT2D eigenvalue weighted by Crippen LogP contribution is 2.34. The van der Waals surface area contributed by atoms with Crippen LogP contribution in [0.5, 0.6) is 11.5 Å². The van der Waals surface area contributed by atoms with Crippen LogP contribution in [0.1, 0.15) is 35.5 Å².